The highest BCUT2D eigenvalue weighted by molar-refractivity contribution is 6.39. The highest BCUT2D eigenvalue weighted by Crippen LogP contribution is 2.48. The number of amides is 2. The number of halogens is 9. The lowest BCUT2D eigenvalue weighted by Gasteiger charge is -2.30. The molecule has 244 valence electrons. The summed E-state index contributed by atoms with van der Waals surface area (Å²) in [4.78, 5) is 36.3. The predicted molar refractivity (Wildman–Crippen MR) is 149 cm³/mol. The van der Waals surface area contributed by atoms with Crippen LogP contribution in [0.15, 0.2) is 18.2 Å². The Balaban J connectivity index is 1.34. The molecule has 4 N–H and O–H groups in total. The normalized spacial score (nSPS) is 21.1. The van der Waals surface area contributed by atoms with Crippen LogP contribution in [0.25, 0.3) is 11.2 Å². The van der Waals surface area contributed by atoms with Crippen molar-refractivity contribution in [2.45, 2.75) is 63.2 Å². The van der Waals surface area contributed by atoms with Crippen molar-refractivity contribution in [3.8, 4) is 5.88 Å². The van der Waals surface area contributed by atoms with Gasteiger partial charge in [0, 0.05) is 19.0 Å². The van der Waals surface area contributed by atoms with E-state index >= 15 is 0 Å². The number of H-pyrrole nitrogens is 1. The van der Waals surface area contributed by atoms with Gasteiger partial charge < -0.3 is 25.7 Å². The molecule has 5 rings (SSSR count). The average molecular weight is 685 g/mol. The minimum Gasteiger partial charge on any atom is -0.471 e. The molecule has 3 aromatic rings. The number of ether oxygens (including phenoxy) is 1. The SMILES string of the molecule is O=C(NC1CCC(C(F)(F)F)CC1)c1cc2[nH]c(Nc3c(Cl)ccc(CNC(=O)C4CC4(F)F)c3Cl)nc2nc1OCC(F)F. The molecule has 2 amide bonds. The van der Waals surface area contributed by atoms with Crippen molar-refractivity contribution in [1.82, 2.24) is 25.6 Å². The number of anilines is 2. The van der Waals surface area contributed by atoms with E-state index in [0.29, 0.717) is 5.56 Å². The Morgan fingerprint density at radius 2 is 1.80 bits per heavy atom. The Morgan fingerprint density at radius 3 is 2.42 bits per heavy atom. The van der Waals surface area contributed by atoms with Crippen LogP contribution in [0.1, 0.15) is 48.0 Å². The first-order valence-electron chi connectivity index (χ1n) is 13.7. The molecule has 9 nitrogen and oxygen atoms in total. The molecule has 2 heterocycles. The highest BCUT2D eigenvalue weighted by atomic mass is 35.5. The molecule has 2 saturated carbocycles. The van der Waals surface area contributed by atoms with Crippen molar-refractivity contribution in [2.24, 2.45) is 11.8 Å². The topological polar surface area (TPSA) is 121 Å². The Labute approximate surface area is 260 Å². The first kappa shape index (κ1) is 32.9. The molecule has 2 fully saturated rings. The number of nitrogens with zero attached hydrogens (tertiary/aromatic N) is 2. The standard InChI is InChI=1S/C27H25Cl2F7N6O3/c28-16-6-1-11(9-37-23(44)15-8-26(15,32)33)19(29)20(16)40-25-39-17-7-14(24(41-21(17)42-25)45-10-18(30)31)22(43)38-13-4-2-12(3-5-13)27(34,35)36/h1,6-7,12-13,15,18H,2-5,8-10H2,(H,37,44)(H,38,43)(H2,39,40,41,42). The third-order valence-electron chi connectivity index (χ3n) is 7.56. The number of alkyl halides is 7. The van der Waals surface area contributed by atoms with Crippen molar-refractivity contribution in [3.63, 3.8) is 0 Å². The van der Waals surface area contributed by atoms with E-state index in [0.717, 1.165) is 0 Å². The van der Waals surface area contributed by atoms with Gasteiger partial charge in [-0.15, -0.1) is 0 Å². The van der Waals surface area contributed by atoms with Crippen LogP contribution < -0.4 is 20.7 Å². The van der Waals surface area contributed by atoms with Crippen molar-refractivity contribution < 1.29 is 45.1 Å². The number of hydrogen-bond acceptors (Lipinski definition) is 6. The van der Waals surface area contributed by atoms with E-state index in [1.807, 2.05) is 0 Å². The van der Waals surface area contributed by atoms with Gasteiger partial charge in [0.25, 0.3) is 18.3 Å². The number of pyridine rings is 1. The van der Waals surface area contributed by atoms with Gasteiger partial charge in [0.1, 0.15) is 11.5 Å². The Bertz CT molecular complexity index is 1600. The van der Waals surface area contributed by atoms with E-state index in [1.165, 1.54) is 18.2 Å². The summed E-state index contributed by atoms with van der Waals surface area (Å²) in [6, 6.07) is 3.62. The number of carbonyl (C=O) groups is 2. The predicted octanol–water partition coefficient (Wildman–Crippen LogP) is 6.77. The molecule has 0 saturated heterocycles. The van der Waals surface area contributed by atoms with E-state index in [9.17, 15) is 40.3 Å². The van der Waals surface area contributed by atoms with Gasteiger partial charge in [-0.3, -0.25) is 9.59 Å². The number of hydrogen-bond donors (Lipinski definition) is 4. The fourth-order valence-electron chi connectivity index (χ4n) is 5.00. The van der Waals surface area contributed by atoms with Gasteiger partial charge in [-0.2, -0.15) is 23.1 Å². The lowest BCUT2D eigenvalue weighted by atomic mass is 9.85. The second-order valence-corrected chi connectivity index (χ2v) is 11.6. The molecule has 0 bridgehead atoms. The van der Waals surface area contributed by atoms with E-state index < -0.39 is 67.1 Å². The number of fused-ring (bicyclic) bond motifs is 1. The van der Waals surface area contributed by atoms with E-state index in [4.69, 9.17) is 27.9 Å². The zero-order valence-electron chi connectivity index (χ0n) is 23.0. The van der Waals surface area contributed by atoms with Gasteiger partial charge in [-0.05, 0) is 43.4 Å². The lowest BCUT2D eigenvalue weighted by molar-refractivity contribution is -0.182. The molecule has 18 heteroatoms. The van der Waals surface area contributed by atoms with Crippen molar-refractivity contribution in [3.05, 3.63) is 39.4 Å². The zero-order valence-corrected chi connectivity index (χ0v) is 24.5. The molecule has 0 spiro atoms. The summed E-state index contributed by atoms with van der Waals surface area (Å²) >= 11 is 12.8. The van der Waals surface area contributed by atoms with Gasteiger partial charge >= 0.3 is 6.18 Å². The molecule has 1 aromatic carbocycles. The van der Waals surface area contributed by atoms with Crippen molar-refractivity contribution in [2.75, 3.05) is 11.9 Å². The van der Waals surface area contributed by atoms with E-state index in [1.54, 1.807) is 0 Å². The summed E-state index contributed by atoms with van der Waals surface area (Å²) in [5, 5.41) is 8.06. The number of carbonyl (C=O) groups excluding carboxylic acids is 2. The summed E-state index contributed by atoms with van der Waals surface area (Å²) in [6.07, 6.45) is -7.91. The molecule has 2 aliphatic rings. The smallest absolute Gasteiger partial charge is 0.391 e. The molecule has 2 aromatic heterocycles. The number of rotatable bonds is 10. The summed E-state index contributed by atoms with van der Waals surface area (Å²) in [6.45, 7) is -1.25. The summed E-state index contributed by atoms with van der Waals surface area (Å²) in [5.74, 6) is -7.94. The second-order valence-electron chi connectivity index (χ2n) is 10.8. The molecular weight excluding hydrogens is 660 g/mol. The van der Waals surface area contributed by atoms with Gasteiger partial charge in [-0.25, -0.2) is 17.6 Å². The third-order valence-corrected chi connectivity index (χ3v) is 8.31. The van der Waals surface area contributed by atoms with Crippen LogP contribution in [-0.4, -0.2) is 57.9 Å². The van der Waals surface area contributed by atoms with E-state index in [-0.39, 0.29) is 70.6 Å². The molecule has 1 atom stereocenters. The fraction of sp³-hybridized carbons (Fsp3) is 0.481. The highest BCUT2D eigenvalue weighted by Gasteiger charge is 2.61. The van der Waals surface area contributed by atoms with Crippen LogP contribution in [0.4, 0.5) is 42.4 Å². The Kier molecular flexibility index (Phi) is 9.27. The number of aromatic nitrogens is 3. The van der Waals surface area contributed by atoms with Gasteiger partial charge in [0.2, 0.25) is 17.7 Å². The number of benzene rings is 1. The molecule has 1 unspecified atom stereocenters. The minimum absolute atomic E-state index is 0.00273. The number of aromatic amines is 1. The van der Waals surface area contributed by atoms with Gasteiger partial charge in [0.15, 0.2) is 12.3 Å². The monoisotopic (exact) mass is 684 g/mol. The Morgan fingerprint density at radius 1 is 1.11 bits per heavy atom. The van der Waals surface area contributed by atoms with Crippen LogP contribution in [-0.2, 0) is 11.3 Å². The number of nitrogens with one attached hydrogen (secondary N) is 4. The quantitative estimate of drug-likeness (QED) is 0.175. The molecule has 2 aliphatic carbocycles. The van der Waals surface area contributed by atoms with E-state index in [2.05, 4.69) is 30.9 Å². The maximum absolute atomic E-state index is 13.2. The van der Waals surface area contributed by atoms with Crippen LogP contribution >= 0.6 is 23.2 Å². The number of imidazole rings is 1. The van der Waals surface area contributed by atoms with Crippen LogP contribution in [0.3, 0.4) is 0 Å². The third kappa shape index (κ3) is 7.65. The van der Waals surface area contributed by atoms with Gasteiger partial charge in [-0.1, -0.05) is 29.3 Å². The Hall–Kier alpha value is -3.53. The maximum atomic E-state index is 13.2. The summed E-state index contributed by atoms with van der Waals surface area (Å²) < 4.78 is 96.4. The fourth-order valence-corrected chi connectivity index (χ4v) is 5.53. The first-order valence-corrected chi connectivity index (χ1v) is 14.5. The van der Waals surface area contributed by atoms with Crippen LogP contribution in [0.2, 0.25) is 10.0 Å². The molecular formula is C27H25Cl2F7N6O3. The molecule has 0 radical (unpaired) electrons. The van der Waals surface area contributed by atoms with Crippen LogP contribution in [0, 0.1) is 11.8 Å². The summed E-state index contributed by atoms with van der Waals surface area (Å²) in [7, 11) is 0. The van der Waals surface area contributed by atoms with Crippen LogP contribution in [0.5, 0.6) is 5.88 Å². The average Bonchev–Trinajstić information content (AvgIpc) is 3.43. The van der Waals surface area contributed by atoms with Crippen molar-refractivity contribution in [1.29, 1.82) is 0 Å². The first-order chi connectivity index (χ1) is 21.1. The zero-order chi connectivity index (χ0) is 32.7. The van der Waals surface area contributed by atoms with Crippen molar-refractivity contribution >= 4 is 57.8 Å². The van der Waals surface area contributed by atoms with Gasteiger partial charge in [0.05, 0.1) is 27.2 Å². The maximum Gasteiger partial charge on any atom is 0.391 e. The lowest BCUT2D eigenvalue weighted by Crippen LogP contribution is -2.40. The summed E-state index contributed by atoms with van der Waals surface area (Å²) in [5.41, 5.74) is 0.341. The minimum atomic E-state index is -4.32. The largest absolute Gasteiger partial charge is 0.471 e. The molecule has 0 aliphatic heterocycles. The second kappa shape index (κ2) is 12.7. The molecule has 45 heavy (non-hydrogen) atoms.